The first-order valence-electron chi connectivity index (χ1n) is 15.1. The molecular formula is C38H23N3O8. The van der Waals surface area contributed by atoms with E-state index in [1.54, 1.807) is 78.9 Å². The molecule has 0 unspecified atom stereocenters. The van der Waals surface area contributed by atoms with E-state index in [0.29, 0.717) is 39.8 Å². The van der Waals surface area contributed by atoms with Gasteiger partial charge in [0.1, 0.15) is 23.0 Å². The summed E-state index contributed by atoms with van der Waals surface area (Å²) in [5.74, 6) is -1.16. The average Bonchev–Trinajstić information content (AvgIpc) is 3.59. The van der Waals surface area contributed by atoms with E-state index in [1.165, 1.54) is 31.3 Å². The second kappa shape index (κ2) is 10.8. The number of aryl methyl sites for hydroxylation is 1. The normalized spacial score (nSPS) is 14.9. The number of rotatable bonds is 6. The summed E-state index contributed by atoms with van der Waals surface area (Å²) >= 11 is 0. The predicted molar refractivity (Wildman–Crippen MR) is 176 cm³/mol. The third-order valence-corrected chi connectivity index (χ3v) is 8.62. The molecule has 238 valence electrons. The van der Waals surface area contributed by atoms with Crippen LogP contribution in [0.15, 0.2) is 103 Å². The maximum atomic E-state index is 13.4. The molecule has 3 heterocycles. The van der Waals surface area contributed by atoms with E-state index in [9.17, 15) is 28.8 Å². The Morgan fingerprint density at radius 2 is 0.735 bits per heavy atom. The Kier molecular flexibility index (Phi) is 6.53. The van der Waals surface area contributed by atoms with Crippen molar-refractivity contribution in [2.45, 2.75) is 6.92 Å². The molecule has 49 heavy (non-hydrogen) atoms. The van der Waals surface area contributed by atoms with Crippen LogP contribution in [-0.4, -0.2) is 47.4 Å². The van der Waals surface area contributed by atoms with Crippen LogP contribution in [0.1, 0.15) is 67.7 Å². The Balaban J connectivity index is 0.953. The summed E-state index contributed by atoms with van der Waals surface area (Å²) < 4.78 is 11.8. The standard InChI is InChI=1S/C38H23N3O8/c1-20-3-14-28-30(17-20)37(46)40(35(28)44)21-4-8-23(9-5-21)48-24-10-6-22(7-11-24)41-36(45)29-16-13-26(19-32(29)38(41)47)49-25-12-15-27-31(18-25)34(43)39(2)33(27)42/h3-19H,1-2H3. The number of benzene rings is 5. The highest BCUT2D eigenvalue weighted by atomic mass is 16.5. The van der Waals surface area contributed by atoms with Crippen LogP contribution in [0.5, 0.6) is 23.0 Å². The summed E-state index contributed by atoms with van der Waals surface area (Å²) in [6, 6.07) is 27.2. The van der Waals surface area contributed by atoms with Crippen molar-refractivity contribution in [3.8, 4) is 23.0 Å². The van der Waals surface area contributed by atoms with Crippen molar-refractivity contribution in [1.29, 1.82) is 0 Å². The van der Waals surface area contributed by atoms with Crippen LogP contribution in [0.3, 0.4) is 0 Å². The molecule has 0 spiro atoms. The number of carbonyl (C=O) groups is 6. The van der Waals surface area contributed by atoms with Crippen LogP contribution >= 0.6 is 0 Å². The highest BCUT2D eigenvalue weighted by molar-refractivity contribution is 6.35. The molecule has 3 aliphatic rings. The molecule has 0 N–H and O–H groups in total. The van der Waals surface area contributed by atoms with Gasteiger partial charge in [0.15, 0.2) is 0 Å². The maximum absolute atomic E-state index is 13.4. The second-order valence-electron chi connectivity index (χ2n) is 11.7. The fourth-order valence-corrected chi connectivity index (χ4v) is 6.11. The SMILES string of the molecule is Cc1ccc2c(c1)C(=O)N(c1ccc(Oc3ccc(N4C(=O)c5ccc(Oc6ccc7c(c6)C(=O)N(C)C7=O)cc5C4=O)cc3)cc1)C2=O. The lowest BCUT2D eigenvalue weighted by Crippen LogP contribution is -2.29. The molecule has 11 heteroatoms. The third kappa shape index (κ3) is 4.67. The molecule has 0 atom stereocenters. The molecule has 5 aromatic carbocycles. The van der Waals surface area contributed by atoms with E-state index < -0.39 is 17.7 Å². The molecule has 11 nitrogen and oxygen atoms in total. The molecule has 5 aromatic rings. The number of fused-ring (bicyclic) bond motifs is 3. The Labute approximate surface area is 278 Å². The van der Waals surface area contributed by atoms with E-state index in [2.05, 4.69) is 0 Å². The molecule has 0 bridgehead atoms. The van der Waals surface area contributed by atoms with Gasteiger partial charge in [0.05, 0.1) is 44.8 Å². The first-order valence-corrected chi connectivity index (χ1v) is 15.1. The minimum atomic E-state index is -0.533. The van der Waals surface area contributed by atoms with Crippen molar-refractivity contribution in [3.05, 3.63) is 142 Å². The van der Waals surface area contributed by atoms with E-state index in [4.69, 9.17) is 9.47 Å². The zero-order valence-electron chi connectivity index (χ0n) is 25.9. The number of carbonyl (C=O) groups excluding carboxylic acids is 6. The summed E-state index contributed by atoms with van der Waals surface area (Å²) in [5, 5.41) is 0. The minimum absolute atomic E-state index is 0.156. The molecule has 0 aromatic heterocycles. The Morgan fingerprint density at radius 1 is 0.388 bits per heavy atom. The van der Waals surface area contributed by atoms with Crippen molar-refractivity contribution in [1.82, 2.24) is 4.90 Å². The van der Waals surface area contributed by atoms with Gasteiger partial charge >= 0.3 is 0 Å². The lowest BCUT2D eigenvalue weighted by Gasteiger charge is -2.16. The zero-order chi connectivity index (χ0) is 34.1. The van der Waals surface area contributed by atoms with Gasteiger partial charge in [0, 0.05) is 7.05 Å². The van der Waals surface area contributed by atoms with Crippen molar-refractivity contribution < 1.29 is 38.2 Å². The van der Waals surface area contributed by atoms with E-state index in [1.807, 2.05) is 6.92 Å². The van der Waals surface area contributed by atoms with Crippen molar-refractivity contribution in [2.24, 2.45) is 0 Å². The highest BCUT2D eigenvalue weighted by Gasteiger charge is 2.38. The quantitative estimate of drug-likeness (QED) is 0.193. The first kappa shape index (κ1) is 29.5. The Hall–Kier alpha value is -6.88. The fraction of sp³-hybridized carbons (Fsp3) is 0.0526. The van der Waals surface area contributed by atoms with Crippen LogP contribution < -0.4 is 19.3 Å². The highest BCUT2D eigenvalue weighted by Crippen LogP contribution is 2.36. The lowest BCUT2D eigenvalue weighted by molar-refractivity contribution is 0.0691. The fourth-order valence-electron chi connectivity index (χ4n) is 6.11. The van der Waals surface area contributed by atoms with Gasteiger partial charge < -0.3 is 9.47 Å². The first-order chi connectivity index (χ1) is 23.6. The summed E-state index contributed by atoms with van der Waals surface area (Å²) in [6.45, 7) is 1.86. The second-order valence-corrected chi connectivity index (χ2v) is 11.7. The Morgan fingerprint density at radius 3 is 1.24 bits per heavy atom. The van der Waals surface area contributed by atoms with Crippen molar-refractivity contribution in [2.75, 3.05) is 16.8 Å². The lowest BCUT2D eigenvalue weighted by atomic mass is 10.1. The van der Waals surface area contributed by atoms with E-state index in [-0.39, 0.29) is 45.7 Å². The number of anilines is 2. The van der Waals surface area contributed by atoms with E-state index in [0.717, 1.165) is 20.3 Å². The summed E-state index contributed by atoms with van der Waals surface area (Å²) in [7, 11) is 1.41. The maximum Gasteiger partial charge on any atom is 0.266 e. The number of hydrogen-bond donors (Lipinski definition) is 0. The van der Waals surface area contributed by atoms with Crippen LogP contribution in [0.25, 0.3) is 0 Å². The molecule has 0 saturated carbocycles. The smallest absolute Gasteiger partial charge is 0.266 e. The van der Waals surface area contributed by atoms with Crippen LogP contribution in [0.2, 0.25) is 0 Å². The van der Waals surface area contributed by atoms with Crippen LogP contribution in [-0.2, 0) is 0 Å². The van der Waals surface area contributed by atoms with Gasteiger partial charge in [0.25, 0.3) is 35.4 Å². The number of amides is 6. The summed E-state index contributed by atoms with van der Waals surface area (Å²) in [6.07, 6.45) is 0. The van der Waals surface area contributed by atoms with Gasteiger partial charge in [-0.15, -0.1) is 0 Å². The molecular weight excluding hydrogens is 626 g/mol. The summed E-state index contributed by atoms with van der Waals surface area (Å²) in [4.78, 5) is 80.3. The largest absolute Gasteiger partial charge is 0.457 e. The van der Waals surface area contributed by atoms with Gasteiger partial charge in [-0.05, 0) is 104 Å². The summed E-state index contributed by atoms with van der Waals surface area (Å²) in [5.41, 5.74) is 3.26. The topological polar surface area (TPSA) is 131 Å². The zero-order valence-corrected chi connectivity index (χ0v) is 25.9. The monoisotopic (exact) mass is 649 g/mol. The van der Waals surface area contributed by atoms with Gasteiger partial charge in [-0.2, -0.15) is 0 Å². The molecule has 0 radical (unpaired) electrons. The van der Waals surface area contributed by atoms with Gasteiger partial charge in [-0.25, -0.2) is 9.80 Å². The number of imide groups is 3. The van der Waals surface area contributed by atoms with Gasteiger partial charge in [-0.1, -0.05) is 11.6 Å². The molecule has 0 aliphatic carbocycles. The Bertz CT molecular complexity index is 2330. The number of ether oxygens (including phenoxy) is 2. The third-order valence-electron chi connectivity index (χ3n) is 8.62. The average molecular weight is 650 g/mol. The van der Waals surface area contributed by atoms with Crippen molar-refractivity contribution in [3.63, 3.8) is 0 Å². The van der Waals surface area contributed by atoms with Gasteiger partial charge in [0.2, 0.25) is 0 Å². The predicted octanol–water partition coefficient (Wildman–Crippen LogP) is 6.41. The van der Waals surface area contributed by atoms with E-state index >= 15 is 0 Å². The van der Waals surface area contributed by atoms with Crippen LogP contribution in [0.4, 0.5) is 11.4 Å². The molecule has 0 saturated heterocycles. The van der Waals surface area contributed by atoms with Crippen LogP contribution in [0, 0.1) is 6.92 Å². The molecule has 6 amide bonds. The minimum Gasteiger partial charge on any atom is -0.457 e. The molecule has 3 aliphatic heterocycles. The molecule has 8 rings (SSSR count). The van der Waals surface area contributed by atoms with Gasteiger partial charge in [-0.3, -0.25) is 33.7 Å². The number of hydrogen-bond acceptors (Lipinski definition) is 8. The number of nitrogens with zero attached hydrogens (tertiary/aromatic N) is 3. The van der Waals surface area contributed by atoms with Crippen molar-refractivity contribution >= 4 is 46.8 Å². The molecule has 0 fully saturated rings.